The van der Waals surface area contributed by atoms with Crippen LogP contribution in [0, 0.1) is 0 Å². The van der Waals surface area contributed by atoms with Gasteiger partial charge in [0.15, 0.2) is 0 Å². The Kier molecular flexibility index (Phi) is 4.15. The number of likely N-dealkylation sites (tertiary alicyclic amines) is 1. The zero-order valence-corrected chi connectivity index (χ0v) is 15.2. The highest BCUT2D eigenvalue weighted by Crippen LogP contribution is 2.33. The van der Waals surface area contributed by atoms with Crippen molar-refractivity contribution in [1.29, 1.82) is 0 Å². The number of hydrogen-bond donors (Lipinski definition) is 0. The smallest absolute Gasteiger partial charge is 0.260 e. The summed E-state index contributed by atoms with van der Waals surface area (Å²) in [5.41, 5.74) is 2.20. The number of nitrogens with zero attached hydrogens (tertiary/aromatic N) is 3. The zero-order chi connectivity index (χ0) is 18.3. The molecule has 0 saturated carbocycles. The van der Waals surface area contributed by atoms with Gasteiger partial charge in [0.25, 0.3) is 11.5 Å². The first-order valence-corrected chi connectivity index (χ1v) is 9.04. The molecule has 1 aromatic carbocycles. The summed E-state index contributed by atoms with van der Waals surface area (Å²) < 4.78 is 7.47. The van der Waals surface area contributed by atoms with Gasteiger partial charge in [-0.1, -0.05) is 11.6 Å². The quantitative estimate of drug-likeness (QED) is 0.738. The molecular weight excluding hydrogens is 330 g/mol. The summed E-state index contributed by atoms with van der Waals surface area (Å²) >= 11 is 0. The van der Waals surface area contributed by atoms with Gasteiger partial charge in [0.05, 0.1) is 29.4 Å². The van der Waals surface area contributed by atoms with Crippen LogP contribution in [0.3, 0.4) is 0 Å². The van der Waals surface area contributed by atoms with Crippen molar-refractivity contribution in [3.05, 3.63) is 52.1 Å². The highest BCUT2D eigenvalue weighted by atomic mass is 16.5. The molecule has 6 heteroatoms. The molecule has 0 atom stereocenters. The third-order valence-corrected chi connectivity index (χ3v) is 5.46. The van der Waals surface area contributed by atoms with E-state index in [0.29, 0.717) is 29.6 Å². The second-order valence-electron chi connectivity index (χ2n) is 7.34. The molecule has 4 rings (SSSR count). The standard InChI is InChI=1S/C20H23N3O3/c1-14-5-10-26-20(12-14)6-8-23(9-7-20)18(24)15-3-4-16-17(11-15)21-13-22(2)19(16)25/h3-4,11-13H,5-10H2,1-2H3. The molecule has 3 heterocycles. The maximum absolute atomic E-state index is 12.9. The molecule has 6 nitrogen and oxygen atoms in total. The van der Waals surface area contributed by atoms with E-state index < -0.39 is 0 Å². The first-order valence-electron chi connectivity index (χ1n) is 9.04. The van der Waals surface area contributed by atoms with Crippen molar-refractivity contribution in [2.75, 3.05) is 19.7 Å². The van der Waals surface area contributed by atoms with E-state index in [2.05, 4.69) is 18.0 Å². The van der Waals surface area contributed by atoms with Gasteiger partial charge < -0.3 is 14.2 Å². The van der Waals surface area contributed by atoms with Gasteiger partial charge >= 0.3 is 0 Å². The Morgan fingerprint density at radius 3 is 2.77 bits per heavy atom. The van der Waals surface area contributed by atoms with Gasteiger partial charge in [-0.15, -0.1) is 0 Å². The van der Waals surface area contributed by atoms with E-state index in [4.69, 9.17) is 4.74 Å². The summed E-state index contributed by atoms with van der Waals surface area (Å²) in [4.78, 5) is 31.1. The summed E-state index contributed by atoms with van der Waals surface area (Å²) in [5, 5.41) is 0.528. The van der Waals surface area contributed by atoms with Crippen LogP contribution in [0.2, 0.25) is 0 Å². The van der Waals surface area contributed by atoms with Gasteiger partial charge in [-0.3, -0.25) is 9.59 Å². The molecule has 1 fully saturated rings. The lowest BCUT2D eigenvalue weighted by atomic mass is 9.87. The second kappa shape index (κ2) is 6.36. The fourth-order valence-corrected chi connectivity index (χ4v) is 3.88. The Bertz CT molecular complexity index is 952. The van der Waals surface area contributed by atoms with Crippen molar-refractivity contribution in [3.8, 4) is 0 Å². The van der Waals surface area contributed by atoms with Gasteiger partial charge in [-0.05, 0) is 44.4 Å². The maximum atomic E-state index is 12.9. The number of piperidine rings is 1. The van der Waals surface area contributed by atoms with Crippen molar-refractivity contribution in [2.45, 2.75) is 31.8 Å². The van der Waals surface area contributed by atoms with Gasteiger partial charge in [-0.2, -0.15) is 0 Å². The molecule has 2 aliphatic rings. The Morgan fingerprint density at radius 1 is 1.27 bits per heavy atom. The molecule has 0 bridgehead atoms. The number of aryl methyl sites for hydroxylation is 1. The number of benzene rings is 1. The summed E-state index contributed by atoms with van der Waals surface area (Å²) in [6.45, 7) is 4.25. The predicted molar refractivity (Wildman–Crippen MR) is 99.2 cm³/mol. The number of carbonyl (C=O) groups is 1. The molecule has 1 saturated heterocycles. The van der Waals surface area contributed by atoms with Crippen molar-refractivity contribution >= 4 is 16.8 Å². The summed E-state index contributed by atoms with van der Waals surface area (Å²) in [6.07, 6.45) is 6.37. The van der Waals surface area contributed by atoms with E-state index in [1.807, 2.05) is 4.90 Å². The molecule has 1 amide bonds. The first-order chi connectivity index (χ1) is 12.5. The minimum absolute atomic E-state index is 0.0132. The number of rotatable bonds is 1. The lowest BCUT2D eigenvalue weighted by Crippen LogP contribution is -2.48. The molecule has 26 heavy (non-hydrogen) atoms. The Morgan fingerprint density at radius 2 is 2.04 bits per heavy atom. The second-order valence-corrected chi connectivity index (χ2v) is 7.34. The van der Waals surface area contributed by atoms with Crippen LogP contribution in [-0.2, 0) is 11.8 Å². The average molecular weight is 353 g/mol. The topological polar surface area (TPSA) is 64.4 Å². The average Bonchev–Trinajstić information content (AvgIpc) is 2.64. The first kappa shape index (κ1) is 17.0. The van der Waals surface area contributed by atoms with Crippen molar-refractivity contribution < 1.29 is 9.53 Å². The Hall–Kier alpha value is -2.47. The molecule has 2 aromatic rings. The van der Waals surface area contributed by atoms with Crippen LogP contribution in [-0.4, -0.2) is 45.7 Å². The van der Waals surface area contributed by atoms with Gasteiger partial charge in [0.1, 0.15) is 0 Å². The number of aromatic nitrogens is 2. The predicted octanol–water partition coefficient (Wildman–Crippen LogP) is 2.27. The lowest BCUT2D eigenvalue weighted by Gasteiger charge is -2.42. The third kappa shape index (κ3) is 2.94. The number of ether oxygens (including phenoxy) is 1. The molecule has 2 aliphatic heterocycles. The van der Waals surface area contributed by atoms with Crippen LogP contribution in [0.25, 0.3) is 10.9 Å². The van der Waals surface area contributed by atoms with Crippen LogP contribution in [0.1, 0.15) is 36.5 Å². The molecule has 0 N–H and O–H groups in total. The van der Waals surface area contributed by atoms with Crippen molar-refractivity contribution in [1.82, 2.24) is 14.5 Å². The zero-order valence-electron chi connectivity index (χ0n) is 15.2. The molecule has 1 spiro atoms. The normalized spacial score (nSPS) is 19.6. The van der Waals surface area contributed by atoms with E-state index in [9.17, 15) is 9.59 Å². The van der Waals surface area contributed by atoms with E-state index in [-0.39, 0.29) is 17.1 Å². The number of amides is 1. The molecule has 0 radical (unpaired) electrons. The van der Waals surface area contributed by atoms with Crippen LogP contribution in [0.4, 0.5) is 0 Å². The lowest BCUT2D eigenvalue weighted by molar-refractivity contribution is -0.0522. The molecule has 0 unspecified atom stereocenters. The van der Waals surface area contributed by atoms with Crippen LogP contribution in [0.15, 0.2) is 41.0 Å². The van der Waals surface area contributed by atoms with E-state index in [1.165, 1.54) is 16.5 Å². The number of fused-ring (bicyclic) bond motifs is 1. The summed E-state index contributed by atoms with van der Waals surface area (Å²) in [5.74, 6) is -0.0132. The SMILES string of the molecule is CC1=CC2(CCN(C(=O)c3ccc4c(=O)n(C)cnc4c3)CC2)OCC1. The van der Waals surface area contributed by atoms with Crippen LogP contribution in [0.5, 0.6) is 0 Å². The number of carbonyl (C=O) groups excluding carboxylic acids is 1. The largest absolute Gasteiger partial charge is 0.370 e. The van der Waals surface area contributed by atoms with Gasteiger partial charge in [0.2, 0.25) is 0 Å². The molecular formula is C20H23N3O3. The maximum Gasteiger partial charge on any atom is 0.260 e. The fraction of sp³-hybridized carbons (Fsp3) is 0.450. The fourth-order valence-electron chi connectivity index (χ4n) is 3.88. The summed E-state index contributed by atoms with van der Waals surface area (Å²) in [6, 6.07) is 5.13. The highest BCUT2D eigenvalue weighted by molar-refractivity contribution is 5.97. The van der Waals surface area contributed by atoms with Crippen molar-refractivity contribution in [3.63, 3.8) is 0 Å². The third-order valence-electron chi connectivity index (χ3n) is 5.46. The Labute approximate surface area is 152 Å². The van der Waals surface area contributed by atoms with Crippen LogP contribution < -0.4 is 5.56 Å². The molecule has 1 aromatic heterocycles. The van der Waals surface area contributed by atoms with Crippen LogP contribution >= 0.6 is 0 Å². The van der Waals surface area contributed by atoms with E-state index in [0.717, 1.165) is 25.9 Å². The molecule has 136 valence electrons. The summed E-state index contributed by atoms with van der Waals surface area (Å²) in [7, 11) is 1.67. The Balaban J connectivity index is 1.54. The van der Waals surface area contributed by atoms with E-state index in [1.54, 1.807) is 25.2 Å². The highest BCUT2D eigenvalue weighted by Gasteiger charge is 2.36. The van der Waals surface area contributed by atoms with Crippen molar-refractivity contribution in [2.24, 2.45) is 7.05 Å². The molecule has 0 aliphatic carbocycles. The van der Waals surface area contributed by atoms with Gasteiger partial charge in [0, 0.05) is 25.7 Å². The minimum Gasteiger partial charge on any atom is -0.370 e. The van der Waals surface area contributed by atoms with Gasteiger partial charge in [-0.25, -0.2) is 4.98 Å². The number of hydrogen-bond acceptors (Lipinski definition) is 4. The minimum atomic E-state index is -0.198. The monoisotopic (exact) mass is 353 g/mol. The van der Waals surface area contributed by atoms with E-state index >= 15 is 0 Å².